The molecule has 1 N–H and O–H groups in total. The fraction of sp³-hybridized carbons (Fsp3) is 0.333. The van der Waals surface area contributed by atoms with Crippen LogP contribution in [0, 0.1) is 0 Å². The van der Waals surface area contributed by atoms with Gasteiger partial charge in [-0.1, -0.05) is 0 Å². The van der Waals surface area contributed by atoms with E-state index in [4.69, 9.17) is 14.4 Å². The molecule has 20 heavy (non-hydrogen) atoms. The molecule has 0 aliphatic carbocycles. The Bertz CT molecular complexity index is 517. The van der Waals surface area contributed by atoms with Crippen LogP contribution in [0.4, 0.5) is 0 Å². The lowest BCUT2D eigenvalue weighted by atomic mass is 10.1. The molecule has 1 atom stereocenters. The third-order valence-electron chi connectivity index (χ3n) is 2.13. The number of ether oxygens (including phenoxy) is 2. The van der Waals surface area contributed by atoms with Gasteiger partial charge in [0.15, 0.2) is 0 Å². The lowest BCUT2D eigenvalue weighted by molar-refractivity contribution is 0.0387. The summed E-state index contributed by atoms with van der Waals surface area (Å²) in [4.78, 5) is 32.0. The minimum Gasteiger partial charge on any atom is -0.460 e. The molecule has 7 nitrogen and oxygen atoms in total. The van der Waals surface area contributed by atoms with E-state index in [1.807, 2.05) is 0 Å². The molecule has 0 fully saturated rings. The average Bonchev–Trinajstić information content (AvgIpc) is 2.37. The Labute approximate surface area is 116 Å². The van der Waals surface area contributed by atoms with E-state index >= 15 is 0 Å². The number of carbonyl (C=O) groups excluding carboxylic acids is 2. The normalized spacial score (nSPS) is 13.3. The summed E-state index contributed by atoms with van der Waals surface area (Å²) in [5, 5.41) is 0. The van der Waals surface area contributed by atoms with Crippen molar-refractivity contribution in [3.63, 3.8) is 0 Å². The minimum absolute atomic E-state index is 0.0644. The van der Waals surface area contributed by atoms with E-state index < -0.39 is 19.5 Å². The van der Waals surface area contributed by atoms with E-state index in [1.165, 1.54) is 31.4 Å². The van der Waals surface area contributed by atoms with Gasteiger partial charge < -0.3 is 18.9 Å². The Kier molecular flexibility index (Phi) is 5.88. The fourth-order valence-corrected chi connectivity index (χ4v) is 1.66. The molecule has 0 spiro atoms. The smallest absolute Gasteiger partial charge is 0.375 e. The summed E-state index contributed by atoms with van der Waals surface area (Å²) in [5.41, 5.74) is 0.316. The van der Waals surface area contributed by atoms with E-state index in [0.29, 0.717) is 6.61 Å². The first-order valence-corrected chi connectivity index (χ1v) is 7.66. The van der Waals surface area contributed by atoms with Crippen molar-refractivity contribution in [1.29, 1.82) is 0 Å². The third-order valence-corrected chi connectivity index (χ3v) is 2.63. The summed E-state index contributed by atoms with van der Waals surface area (Å²) in [6.45, 7) is 1.33. The van der Waals surface area contributed by atoms with Crippen molar-refractivity contribution in [2.75, 3.05) is 27.0 Å². The second kappa shape index (κ2) is 7.19. The lowest BCUT2D eigenvalue weighted by Gasteiger charge is -2.07. The highest BCUT2D eigenvalue weighted by atomic mass is 31.2. The third kappa shape index (κ3) is 5.52. The van der Waals surface area contributed by atoms with Crippen LogP contribution in [-0.2, 0) is 18.6 Å². The van der Waals surface area contributed by atoms with Gasteiger partial charge in [-0.3, -0.25) is 0 Å². The van der Waals surface area contributed by atoms with Crippen molar-refractivity contribution in [2.45, 2.75) is 0 Å². The summed E-state index contributed by atoms with van der Waals surface area (Å²) in [7, 11) is -2.40. The Morgan fingerprint density at radius 1 is 1.10 bits per heavy atom. The monoisotopic (exact) mass is 302 g/mol. The predicted molar refractivity (Wildman–Crippen MR) is 69.8 cm³/mol. The van der Waals surface area contributed by atoms with Gasteiger partial charge in [-0.25, -0.2) is 14.2 Å². The molecule has 8 heteroatoms. The first kappa shape index (κ1) is 16.4. The molecule has 0 heterocycles. The number of carbonyl (C=O) groups is 2. The van der Waals surface area contributed by atoms with Crippen LogP contribution in [0.1, 0.15) is 20.7 Å². The SMILES string of the molecule is COCCOC(=O)c1ccc(C(=O)OP(C)(=O)O)cc1. The molecule has 0 saturated heterocycles. The van der Waals surface area contributed by atoms with E-state index in [9.17, 15) is 14.2 Å². The number of hydrogen-bond donors (Lipinski definition) is 1. The minimum atomic E-state index is -3.89. The lowest BCUT2D eigenvalue weighted by Crippen LogP contribution is -2.10. The van der Waals surface area contributed by atoms with Crippen molar-refractivity contribution in [1.82, 2.24) is 0 Å². The molecule has 0 aliphatic rings. The van der Waals surface area contributed by atoms with Gasteiger partial charge in [0.05, 0.1) is 17.7 Å². The van der Waals surface area contributed by atoms with Crippen LogP contribution in [0.5, 0.6) is 0 Å². The van der Waals surface area contributed by atoms with Crippen molar-refractivity contribution in [3.8, 4) is 0 Å². The fourth-order valence-electron chi connectivity index (χ4n) is 1.25. The largest absolute Gasteiger partial charge is 0.460 e. The van der Waals surface area contributed by atoms with Crippen molar-refractivity contribution >= 4 is 19.5 Å². The first-order valence-electron chi connectivity index (χ1n) is 5.64. The van der Waals surface area contributed by atoms with Gasteiger partial charge in [0.2, 0.25) is 0 Å². The highest BCUT2D eigenvalue weighted by Gasteiger charge is 2.18. The average molecular weight is 302 g/mol. The maximum absolute atomic E-state index is 11.6. The van der Waals surface area contributed by atoms with Gasteiger partial charge in [-0.2, -0.15) is 0 Å². The molecular formula is C12H15O7P. The van der Waals surface area contributed by atoms with Crippen LogP contribution in [-0.4, -0.2) is 43.8 Å². The molecule has 0 saturated carbocycles. The Hall–Kier alpha value is -1.69. The predicted octanol–water partition coefficient (Wildman–Crippen LogP) is 1.46. The Morgan fingerprint density at radius 2 is 1.60 bits per heavy atom. The van der Waals surface area contributed by atoms with Crippen molar-refractivity contribution in [2.24, 2.45) is 0 Å². The molecule has 1 aromatic carbocycles. The summed E-state index contributed by atoms with van der Waals surface area (Å²) in [5.74, 6) is -1.48. The van der Waals surface area contributed by atoms with Crippen LogP contribution in [0.15, 0.2) is 24.3 Å². The second-order valence-corrected chi connectivity index (χ2v) is 5.68. The maximum atomic E-state index is 11.6. The summed E-state index contributed by atoms with van der Waals surface area (Å²) >= 11 is 0. The molecule has 1 unspecified atom stereocenters. The summed E-state index contributed by atoms with van der Waals surface area (Å²) < 4.78 is 24.9. The number of methoxy groups -OCH3 is 1. The summed E-state index contributed by atoms with van der Waals surface area (Å²) in [6, 6.07) is 5.35. The van der Waals surface area contributed by atoms with Gasteiger partial charge >= 0.3 is 19.5 Å². The van der Waals surface area contributed by atoms with Gasteiger partial charge in [0.25, 0.3) is 0 Å². The molecule has 0 radical (unpaired) electrons. The topological polar surface area (TPSA) is 99.1 Å². The number of hydrogen-bond acceptors (Lipinski definition) is 6. The highest BCUT2D eigenvalue weighted by Crippen LogP contribution is 2.37. The van der Waals surface area contributed by atoms with Crippen LogP contribution >= 0.6 is 7.60 Å². The molecule has 0 amide bonds. The van der Waals surface area contributed by atoms with Gasteiger partial charge in [-0.05, 0) is 24.3 Å². The van der Waals surface area contributed by atoms with Crippen LogP contribution in [0.25, 0.3) is 0 Å². The molecule has 110 valence electrons. The second-order valence-electron chi connectivity index (χ2n) is 3.89. The molecule has 1 rings (SSSR count). The molecule has 1 aromatic rings. The zero-order valence-corrected chi connectivity index (χ0v) is 12.0. The van der Waals surface area contributed by atoms with E-state index in [0.717, 1.165) is 6.66 Å². The zero-order valence-electron chi connectivity index (χ0n) is 11.1. The van der Waals surface area contributed by atoms with Gasteiger partial charge in [-0.15, -0.1) is 0 Å². The van der Waals surface area contributed by atoms with E-state index in [-0.39, 0.29) is 17.7 Å². The number of benzene rings is 1. The van der Waals surface area contributed by atoms with Gasteiger partial charge in [0.1, 0.15) is 6.61 Å². The maximum Gasteiger partial charge on any atom is 0.375 e. The van der Waals surface area contributed by atoms with E-state index in [2.05, 4.69) is 4.52 Å². The Balaban J connectivity index is 2.66. The molecule has 0 aromatic heterocycles. The quantitative estimate of drug-likeness (QED) is 0.482. The standard InChI is InChI=1S/C12H15O7P/c1-17-7-8-18-11(13)9-3-5-10(6-4-9)12(14)19-20(2,15)16/h3-6H,7-8H2,1-2H3,(H,15,16). The first-order chi connectivity index (χ1) is 9.33. The van der Waals surface area contributed by atoms with Crippen molar-refractivity contribution in [3.05, 3.63) is 35.4 Å². The van der Waals surface area contributed by atoms with E-state index in [1.54, 1.807) is 0 Å². The number of esters is 1. The zero-order chi connectivity index (χ0) is 15.2. The van der Waals surface area contributed by atoms with Crippen molar-refractivity contribution < 1.29 is 33.0 Å². The van der Waals surface area contributed by atoms with Crippen LogP contribution in [0.2, 0.25) is 0 Å². The molecule has 0 bridgehead atoms. The van der Waals surface area contributed by atoms with Crippen LogP contribution in [0.3, 0.4) is 0 Å². The molecule has 0 aliphatic heterocycles. The van der Waals surface area contributed by atoms with Crippen LogP contribution < -0.4 is 0 Å². The number of rotatable bonds is 6. The highest BCUT2D eigenvalue weighted by molar-refractivity contribution is 7.52. The summed E-state index contributed by atoms with van der Waals surface area (Å²) in [6.07, 6.45) is 0. The van der Waals surface area contributed by atoms with Gasteiger partial charge in [0, 0.05) is 13.8 Å². The molecular weight excluding hydrogens is 287 g/mol. The Morgan fingerprint density at radius 3 is 2.05 bits per heavy atom.